The van der Waals surface area contributed by atoms with Crippen LogP contribution >= 0.6 is 0 Å². The maximum absolute atomic E-state index is 10.9. The van der Waals surface area contributed by atoms with Crippen molar-refractivity contribution < 1.29 is 18.6 Å². The second kappa shape index (κ2) is 2.87. The Kier molecular flexibility index (Phi) is 2.78. The molecule has 0 heterocycles. The molecule has 0 aliphatic rings. The number of halogens is 2. The van der Waals surface area contributed by atoms with Gasteiger partial charge in [0, 0.05) is 0 Å². The van der Waals surface area contributed by atoms with Gasteiger partial charge in [-0.05, 0) is 6.92 Å². The number of ether oxygens (including phenoxy) is 1. The zero-order valence-corrected chi connectivity index (χ0v) is 3.73. The van der Waals surface area contributed by atoms with E-state index in [1.807, 2.05) is 0 Å². The summed E-state index contributed by atoms with van der Waals surface area (Å²) in [6.45, 7) is -1.93. The number of rotatable bonds is 2. The Morgan fingerprint density at radius 1 is 1.57 bits per heavy atom. The van der Waals surface area contributed by atoms with Gasteiger partial charge in [-0.1, -0.05) is 0 Å². The van der Waals surface area contributed by atoms with Crippen LogP contribution in [0, 0.1) is 0 Å². The first-order chi connectivity index (χ1) is 3.13. The average molecular weight is 111 g/mol. The van der Waals surface area contributed by atoms with Gasteiger partial charge in [-0.25, -0.2) is 5.11 Å². The highest BCUT2D eigenvalue weighted by molar-refractivity contribution is 4.17. The van der Waals surface area contributed by atoms with Gasteiger partial charge >= 0.3 is 6.61 Å². The first kappa shape index (κ1) is 6.78. The van der Waals surface area contributed by atoms with Crippen LogP contribution in [0.5, 0.6) is 0 Å². The van der Waals surface area contributed by atoms with E-state index in [2.05, 4.69) is 4.74 Å². The topological polar surface area (TPSA) is 29.1 Å². The lowest BCUT2D eigenvalue weighted by atomic mass is 10.8. The molecule has 0 saturated heterocycles. The molecule has 43 valence electrons. The molecule has 1 atom stereocenters. The van der Waals surface area contributed by atoms with Crippen LogP contribution in [-0.2, 0) is 9.84 Å². The smallest absolute Gasteiger partial charge is 0.290 e. The molecule has 0 aliphatic heterocycles. The molecule has 0 aliphatic carbocycles. The lowest BCUT2D eigenvalue weighted by Gasteiger charge is -1.99. The van der Waals surface area contributed by atoms with E-state index in [1.54, 1.807) is 0 Å². The van der Waals surface area contributed by atoms with Crippen molar-refractivity contribution in [3.63, 3.8) is 0 Å². The maximum Gasteiger partial charge on any atom is 0.347 e. The van der Waals surface area contributed by atoms with Gasteiger partial charge in [0.25, 0.3) is 0 Å². The van der Waals surface area contributed by atoms with Crippen molar-refractivity contribution in [1.82, 2.24) is 0 Å². The molecule has 0 aromatic heterocycles. The van der Waals surface area contributed by atoms with Crippen LogP contribution in [0.25, 0.3) is 0 Å². The highest BCUT2D eigenvalue weighted by Crippen LogP contribution is 1.97. The van der Waals surface area contributed by atoms with Crippen molar-refractivity contribution >= 4 is 0 Å². The molecule has 0 rings (SSSR count). The van der Waals surface area contributed by atoms with Crippen LogP contribution < -0.4 is 0 Å². The van der Waals surface area contributed by atoms with Crippen LogP contribution in [0.1, 0.15) is 6.92 Å². The maximum atomic E-state index is 10.9. The lowest BCUT2D eigenvalue weighted by molar-refractivity contribution is -0.239. The summed E-state index contributed by atoms with van der Waals surface area (Å²) in [6.07, 6.45) is -1.62. The molecule has 1 radical (unpaired) electrons. The predicted molar refractivity (Wildman–Crippen MR) is 17.2 cm³/mol. The molecule has 0 bridgehead atoms. The van der Waals surface area contributed by atoms with Crippen molar-refractivity contribution in [1.29, 1.82) is 0 Å². The monoisotopic (exact) mass is 111 g/mol. The molecule has 0 amide bonds. The Labute approximate surface area is 39.7 Å². The summed E-state index contributed by atoms with van der Waals surface area (Å²) in [7, 11) is 0. The Balaban J connectivity index is 2.95. The first-order valence-electron chi connectivity index (χ1n) is 1.72. The molecular weight excluding hydrogens is 106 g/mol. The minimum Gasteiger partial charge on any atom is -0.290 e. The van der Waals surface area contributed by atoms with E-state index in [0.29, 0.717) is 0 Å². The molecule has 2 nitrogen and oxygen atoms in total. The summed E-state index contributed by atoms with van der Waals surface area (Å²) < 4.78 is 25.1. The van der Waals surface area contributed by atoms with Gasteiger partial charge in [0.15, 0.2) is 6.29 Å². The molecule has 0 saturated carbocycles. The SMILES string of the molecule is CC([O])OC(F)F. The minimum absolute atomic E-state index is 1.01. The highest BCUT2D eigenvalue weighted by Gasteiger charge is 2.05. The number of hydrogen-bond acceptors (Lipinski definition) is 1. The summed E-state index contributed by atoms with van der Waals surface area (Å²) in [4.78, 5) is 0. The Morgan fingerprint density at radius 3 is 2.00 bits per heavy atom. The van der Waals surface area contributed by atoms with Crippen molar-refractivity contribution in [2.75, 3.05) is 0 Å². The zero-order chi connectivity index (χ0) is 5.86. The number of alkyl halides is 2. The van der Waals surface area contributed by atoms with E-state index in [0.717, 1.165) is 6.92 Å². The molecule has 0 N–H and O–H groups in total. The summed E-state index contributed by atoms with van der Waals surface area (Å²) in [5.74, 6) is 0. The molecule has 0 spiro atoms. The van der Waals surface area contributed by atoms with Crippen LogP contribution in [-0.4, -0.2) is 12.9 Å². The van der Waals surface area contributed by atoms with Gasteiger partial charge in [0.1, 0.15) is 0 Å². The Bertz CT molecular complexity index is 40.2. The second-order valence-corrected chi connectivity index (χ2v) is 0.964. The number of hydrogen-bond donors (Lipinski definition) is 0. The predicted octanol–water partition coefficient (Wildman–Crippen LogP) is 1.00. The summed E-state index contributed by atoms with van der Waals surface area (Å²) in [5.41, 5.74) is 0. The van der Waals surface area contributed by atoms with Crippen LogP contribution in [0.3, 0.4) is 0 Å². The van der Waals surface area contributed by atoms with Crippen molar-refractivity contribution in [2.24, 2.45) is 0 Å². The van der Waals surface area contributed by atoms with Crippen LogP contribution in [0.15, 0.2) is 0 Å². The molecule has 7 heavy (non-hydrogen) atoms. The summed E-state index contributed by atoms with van der Waals surface area (Å²) in [6, 6.07) is 0. The van der Waals surface area contributed by atoms with E-state index in [-0.39, 0.29) is 0 Å². The molecule has 0 aromatic rings. The van der Waals surface area contributed by atoms with Gasteiger partial charge in [-0.2, -0.15) is 8.78 Å². The molecule has 4 heteroatoms. The highest BCUT2D eigenvalue weighted by atomic mass is 19.3. The molecule has 0 fully saturated rings. The van der Waals surface area contributed by atoms with Gasteiger partial charge in [-0.3, -0.25) is 4.74 Å². The molecule has 0 aromatic carbocycles. The van der Waals surface area contributed by atoms with Crippen molar-refractivity contribution in [3.05, 3.63) is 0 Å². The standard InChI is InChI=1S/C3H5F2O2/c1-2(6)7-3(4)5/h2-3H,1H3. The van der Waals surface area contributed by atoms with Crippen LogP contribution in [0.4, 0.5) is 8.78 Å². The fourth-order valence-electron chi connectivity index (χ4n) is 0.145. The van der Waals surface area contributed by atoms with E-state index >= 15 is 0 Å². The fourth-order valence-corrected chi connectivity index (χ4v) is 0.145. The Morgan fingerprint density at radius 2 is 2.00 bits per heavy atom. The summed E-state index contributed by atoms with van der Waals surface area (Å²) in [5, 5.41) is 9.64. The minimum atomic E-state index is -2.94. The second-order valence-electron chi connectivity index (χ2n) is 0.964. The van der Waals surface area contributed by atoms with Crippen molar-refractivity contribution in [3.8, 4) is 0 Å². The molecular formula is C3H5F2O2. The van der Waals surface area contributed by atoms with E-state index < -0.39 is 12.9 Å². The van der Waals surface area contributed by atoms with E-state index in [1.165, 1.54) is 0 Å². The van der Waals surface area contributed by atoms with Gasteiger partial charge < -0.3 is 0 Å². The van der Waals surface area contributed by atoms with Gasteiger partial charge in [0.05, 0.1) is 0 Å². The summed E-state index contributed by atoms with van der Waals surface area (Å²) >= 11 is 0. The zero-order valence-electron chi connectivity index (χ0n) is 3.73. The Hall–Kier alpha value is -0.220. The average Bonchev–Trinajstić information content (AvgIpc) is 1.27. The largest absolute Gasteiger partial charge is 0.347 e. The lowest BCUT2D eigenvalue weighted by Crippen LogP contribution is -2.08. The third kappa shape index (κ3) is 5.78. The van der Waals surface area contributed by atoms with Gasteiger partial charge in [-0.15, -0.1) is 0 Å². The van der Waals surface area contributed by atoms with Crippen molar-refractivity contribution in [2.45, 2.75) is 19.8 Å². The normalized spacial score (nSPS) is 15.0. The molecule has 1 unspecified atom stereocenters. The third-order valence-electron chi connectivity index (χ3n) is 0.295. The third-order valence-corrected chi connectivity index (χ3v) is 0.295. The fraction of sp³-hybridized carbons (Fsp3) is 1.00. The van der Waals surface area contributed by atoms with Crippen LogP contribution in [0.2, 0.25) is 0 Å². The first-order valence-corrected chi connectivity index (χ1v) is 1.72. The van der Waals surface area contributed by atoms with Gasteiger partial charge in [0.2, 0.25) is 0 Å². The van der Waals surface area contributed by atoms with E-state index in [9.17, 15) is 13.9 Å². The quantitative estimate of drug-likeness (QED) is 0.489. The van der Waals surface area contributed by atoms with E-state index in [4.69, 9.17) is 0 Å².